The molecule has 0 aromatic heterocycles. The lowest BCUT2D eigenvalue weighted by molar-refractivity contribution is 0.345. The third kappa shape index (κ3) is 3.44. The molecule has 0 aliphatic carbocycles. The molecule has 1 nitrogen and oxygen atoms in total. The van der Waals surface area contributed by atoms with Crippen molar-refractivity contribution >= 4 is 11.8 Å². The van der Waals surface area contributed by atoms with Gasteiger partial charge in [0.1, 0.15) is 0 Å². The standard InChI is InChI=1S/C14H21OS/c1-4-7-8-16-13-9-11(5-2)14(15)12(6-3)10-13/h9-10H,4-8H2,1-3H3. The van der Waals surface area contributed by atoms with E-state index in [9.17, 15) is 5.11 Å². The van der Waals surface area contributed by atoms with E-state index >= 15 is 0 Å². The van der Waals surface area contributed by atoms with Crippen LogP contribution in [0.15, 0.2) is 17.0 Å². The maximum absolute atomic E-state index is 11.9. The molecular weight excluding hydrogens is 216 g/mol. The lowest BCUT2D eigenvalue weighted by Crippen LogP contribution is -1.90. The van der Waals surface area contributed by atoms with Gasteiger partial charge in [0.2, 0.25) is 0 Å². The Labute approximate surface area is 103 Å². The van der Waals surface area contributed by atoms with Gasteiger partial charge in [0, 0.05) is 16.0 Å². The number of rotatable bonds is 6. The highest BCUT2D eigenvalue weighted by molar-refractivity contribution is 7.99. The van der Waals surface area contributed by atoms with Gasteiger partial charge >= 0.3 is 0 Å². The Hall–Kier alpha value is -0.630. The minimum Gasteiger partial charge on any atom is -0.289 e. The third-order valence-corrected chi connectivity index (χ3v) is 3.81. The summed E-state index contributed by atoms with van der Waals surface area (Å²) in [5.74, 6) is 1.41. The van der Waals surface area contributed by atoms with E-state index in [0.717, 1.165) is 29.7 Å². The quantitative estimate of drug-likeness (QED) is 0.511. The second-order valence-corrected chi connectivity index (χ2v) is 5.15. The fraction of sp³-hybridized carbons (Fsp3) is 0.571. The van der Waals surface area contributed by atoms with Gasteiger partial charge in [0.05, 0.1) is 0 Å². The smallest absolute Gasteiger partial charge is 0.185 e. The van der Waals surface area contributed by atoms with E-state index < -0.39 is 0 Å². The van der Waals surface area contributed by atoms with Crippen LogP contribution >= 0.6 is 11.8 Å². The maximum atomic E-state index is 11.9. The minimum absolute atomic E-state index is 0.254. The lowest BCUT2D eigenvalue weighted by Gasteiger charge is -2.08. The van der Waals surface area contributed by atoms with Gasteiger partial charge in [0.15, 0.2) is 5.75 Å². The van der Waals surface area contributed by atoms with Crippen LogP contribution < -0.4 is 0 Å². The predicted molar refractivity (Wildman–Crippen MR) is 71.0 cm³/mol. The molecule has 0 N–H and O–H groups in total. The van der Waals surface area contributed by atoms with Crippen LogP contribution in [-0.4, -0.2) is 5.75 Å². The van der Waals surface area contributed by atoms with Gasteiger partial charge in [-0.15, -0.1) is 11.8 Å². The number of hydrogen-bond acceptors (Lipinski definition) is 1. The molecule has 0 heterocycles. The molecule has 0 unspecified atom stereocenters. The highest BCUT2D eigenvalue weighted by Gasteiger charge is 2.09. The van der Waals surface area contributed by atoms with E-state index in [1.165, 1.54) is 17.7 Å². The molecule has 0 aliphatic rings. The van der Waals surface area contributed by atoms with Crippen LogP contribution in [0, 0.1) is 0 Å². The molecule has 2 heteroatoms. The van der Waals surface area contributed by atoms with Gasteiger partial charge in [-0.25, -0.2) is 0 Å². The largest absolute Gasteiger partial charge is 0.289 e. The van der Waals surface area contributed by atoms with Gasteiger partial charge in [0.25, 0.3) is 0 Å². The Kier molecular flexibility index (Phi) is 5.75. The number of benzene rings is 1. The summed E-state index contributed by atoms with van der Waals surface area (Å²) < 4.78 is 0. The summed E-state index contributed by atoms with van der Waals surface area (Å²) in [6.07, 6.45) is 4.16. The van der Waals surface area contributed by atoms with Gasteiger partial charge in [-0.3, -0.25) is 5.11 Å². The number of hydrogen-bond donors (Lipinski definition) is 0. The molecule has 1 aromatic carbocycles. The molecule has 0 saturated carbocycles. The second kappa shape index (κ2) is 6.85. The zero-order valence-corrected chi connectivity index (χ0v) is 11.3. The van der Waals surface area contributed by atoms with Crippen molar-refractivity contribution in [2.45, 2.75) is 51.3 Å². The van der Waals surface area contributed by atoms with Crippen molar-refractivity contribution in [2.75, 3.05) is 5.75 Å². The molecule has 1 aromatic rings. The van der Waals surface area contributed by atoms with Gasteiger partial charge in [-0.2, -0.15) is 0 Å². The van der Waals surface area contributed by atoms with Crippen LogP contribution in [-0.2, 0) is 17.9 Å². The Morgan fingerprint density at radius 2 is 1.62 bits per heavy atom. The Bertz CT molecular complexity index is 309. The molecule has 1 rings (SSSR count). The first-order valence-electron chi connectivity index (χ1n) is 6.18. The average molecular weight is 237 g/mol. The van der Waals surface area contributed by atoms with E-state index in [1.54, 1.807) is 0 Å². The Morgan fingerprint density at radius 1 is 1.06 bits per heavy atom. The second-order valence-electron chi connectivity index (χ2n) is 3.98. The predicted octanol–water partition coefficient (Wildman–Crippen LogP) is 4.85. The van der Waals surface area contributed by atoms with Crippen molar-refractivity contribution in [3.8, 4) is 5.75 Å². The number of aryl methyl sites for hydroxylation is 2. The van der Waals surface area contributed by atoms with E-state index in [1.807, 2.05) is 11.8 Å². The minimum atomic E-state index is 0.254. The molecule has 0 amide bonds. The van der Waals surface area contributed by atoms with E-state index in [2.05, 4.69) is 32.9 Å². The van der Waals surface area contributed by atoms with Crippen molar-refractivity contribution in [3.63, 3.8) is 0 Å². The summed E-state index contributed by atoms with van der Waals surface area (Å²) >= 11 is 1.87. The normalized spacial score (nSPS) is 10.7. The van der Waals surface area contributed by atoms with Crippen molar-refractivity contribution in [1.82, 2.24) is 0 Å². The highest BCUT2D eigenvalue weighted by Crippen LogP contribution is 2.31. The van der Waals surface area contributed by atoms with Crippen molar-refractivity contribution in [1.29, 1.82) is 0 Å². The zero-order chi connectivity index (χ0) is 12.0. The summed E-state index contributed by atoms with van der Waals surface area (Å²) in [6.45, 7) is 6.31. The van der Waals surface area contributed by atoms with Crippen LogP contribution in [0.5, 0.6) is 5.75 Å². The molecule has 0 aliphatic heterocycles. The van der Waals surface area contributed by atoms with E-state index in [-0.39, 0.29) is 5.75 Å². The zero-order valence-electron chi connectivity index (χ0n) is 10.5. The van der Waals surface area contributed by atoms with Gasteiger partial charge in [-0.05, 0) is 37.1 Å². The molecule has 0 fully saturated rings. The van der Waals surface area contributed by atoms with Crippen LogP contribution in [0.4, 0.5) is 0 Å². The first-order chi connectivity index (χ1) is 7.72. The average Bonchev–Trinajstić information content (AvgIpc) is 2.31. The summed E-state index contributed by atoms with van der Waals surface area (Å²) in [4.78, 5) is 1.27. The van der Waals surface area contributed by atoms with E-state index in [0.29, 0.717) is 0 Å². The van der Waals surface area contributed by atoms with Crippen molar-refractivity contribution in [3.05, 3.63) is 23.3 Å². The van der Waals surface area contributed by atoms with Crippen molar-refractivity contribution < 1.29 is 5.11 Å². The van der Waals surface area contributed by atoms with E-state index in [4.69, 9.17) is 0 Å². The van der Waals surface area contributed by atoms with Crippen LogP contribution in [0.3, 0.4) is 0 Å². The molecule has 0 atom stereocenters. The summed E-state index contributed by atoms with van der Waals surface area (Å²) in [5.41, 5.74) is 1.94. The monoisotopic (exact) mass is 237 g/mol. The lowest BCUT2D eigenvalue weighted by atomic mass is 10.1. The Balaban J connectivity index is 2.84. The first kappa shape index (κ1) is 13.4. The SMILES string of the molecule is CCCCSc1cc(CC)c([O])c(CC)c1. The number of unbranched alkanes of at least 4 members (excludes halogenated alkanes) is 1. The van der Waals surface area contributed by atoms with Crippen LogP contribution in [0.1, 0.15) is 44.7 Å². The topological polar surface area (TPSA) is 19.9 Å². The first-order valence-corrected chi connectivity index (χ1v) is 7.17. The summed E-state index contributed by atoms with van der Waals surface area (Å²) in [5, 5.41) is 11.9. The Morgan fingerprint density at radius 3 is 2.06 bits per heavy atom. The molecule has 1 radical (unpaired) electrons. The molecule has 89 valence electrons. The molecular formula is C14H21OS. The molecule has 16 heavy (non-hydrogen) atoms. The summed E-state index contributed by atoms with van der Waals surface area (Å²) in [6, 6.07) is 4.14. The van der Waals surface area contributed by atoms with Gasteiger partial charge in [-0.1, -0.05) is 27.2 Å². The summed E-state index contributed by atoms with van der Waals surface area (Å²) in [7, 11) is 0. The van der Waals surface area contributed by atoms with Gasteiger partial charge < -0.3 is 0 Å². The van der Waals surface area contributed by atoms with Crippen molar-refractivity contribution in [2.24, 2.45) is 0 Å². The molecule has 0 saturated heterocycles. The molecule has 0 spiro atoms. The van der Waals surface area contributed by atoms with Crippen LogP contribution in [0.25, 0.3) is 0 Å². The highest BCUT2D eigenvalue weighted by atomic mass is 32.2. The fourth-order valence-corrected chi connectivity index (χ4v) is 2.79. The number of thioether (sulfide) groups is 1. The van der Waals surface area contributed by atoms with Crippen LogP contribution in [0.2, 0.25) is 0 Å². The fourth-order valence-electron chi connectivity index (χ4n) is 1.67. The third-order valence-electron chi connectivity index (χ3n) is 2.74. The molecule has 0 bridgehead atoms. The maximum Gasteiger partial charge on any atom is 0.185 e.